The summed E-state index contributed by atoms with van der Waals surface area (Å²) < 4.78 is 5.29. The molecule has 5 heteroatoms. The van der Waals surface area contributed by atoms with E-state index in [9.17, 15) is 4.79 Å². The number of hydrogen-bond donors (Lipinski definition) is 1. The van der Waals surface area contributed by atoms with Crippen molar-refractivity contribution < 1.29 is 9.53 Å². The minimum absolute atomic E-state index is 0.243. The van der Waals surface area contributed by atoms with Crippen LogP contribution >= 0.6 is 12.2 Å². The Balaban J connectivity index is 1.82. The number of ether oxygens (including phenoxy) is 1. The highest BCUT2D eigenvalue weighted by molar-refractivity contribution is 7.80. The third kappa shape index (κ3) is 3.86. The van der Waals surface area contributed by atoms with Crippen LogP contribution in [0, 0.1) is 5.92 Å². The van der Waals surface area contributed by atoms with Gasteiger partial charge in [0.1, 0.15) is 5.92 Å². The molecule has 2 rings (SSSR count). The molecule has 0 fully saturated rings. The van der Waals surface area contributed by atoms with Crippen LogP contribution in [0.1, 0.15) is 12.5 Å². The van der Waals surface area contributed by atoms with Gasteiger partial charge in [0, 0.05) is 18.7 Å². The van der Waals surface area contributed by atoms with Crippen molar-refractivity contribution in [1.82, 2.24) is 5.32 Å². The van der Waals surface area contributed by atoms with Crippen LogP contribution in [0.15, 0.2) is 35.3 Å². The molecule has 0 radical (unpaired) electrons. The quantitative estimate of drug-likeness (QED) is 0.672. The molecule has 19 heavy (non-hydrogen) atoms. The number of thiocarbonyl (C=S) groups is 1. The number of carbonyl (C=O) groups is 1. The van der Waals surface area contributed by atoms with Gasteiger partial charge in [0.25, 0.3) is 0 Å². The normalized spacial score (nSPS) is 18.5. The van der Waals surface area contributed by atoms with E-state index < -0.39 is 0 Å². The second-order valence-corrected chi connectivity index (χ2v) is 4.78. The van der Waals surface area contributed by atoms with E-state index >= 15 is 0 Å². The number of hydrogen-bond acceptors (Lipinski definition) is 3. The molecule has 0 bridgehead atoms. The van der Waals surface area contributed by atoms with Gasteiger partial charge in [-0.25, -0.2) is 4.99 Å². The van der Waals surface area contributed by atoms with E-state index in [0.717, 1.165) is 12.0 Å². The van der Waals surface area contributed by atoms with E-state index in [1.54, 1.807) is 6.92 Å². The third-order valence-electron chi connectivity index (χ3n) is 3.00. The van der Waals surface area contributed by atoms with Gasteiger partial charge >= 0.3 is 5.97 Å². The summed E-state index contributed by atoms with van der Waals surface area (Å²) in [5, 5.41) is 3.33. The van der Waals surface area contributed by atoms with Crippen molar-refractivity contribution in [3.63, 3.8) is 0 Å². The smallest absolute Gasteiger partial charge is 0.316 e. The lowest BCUT2D eigenvalue weighted by Crippen LogP contribution is -2.41. The molecule has 1 aromatic rings. The lowest BCUT2D eigenvalue weighted by atomic mass is 10.0. The first-order valence-corrected chi connectivity index (χ1v) is 6.61. The lowest BCUT2D eigenvalue weighted by Gasteiger charge is -2.21. The zero-order valence-corrected chi connectivity index (χ0v) is 11.6. The van der Waals surface area contributed by atoms with Crippen LogP contribution in [-0.2, 0) is 16.0 Å². The van der Waals surface area contributed by atoms with Crippen molar-refractivity contribution in [2.24, 2.45) is 10.9 Å². The van der Waals surface area contributed by atoms with Crippen molar-refractivity contribution in [2.75, 3.05) is 13.2 Å². The van der Waals surface area contributed by atoms with Crippen LogP contribution < -0.4 is 5.32 Å². The van der Waals surface area contributed by atoms with E-state index in [4.69, 9.17) is 17.0 Å². The monoisotopic (exact) mass is 276 g/mol. The van der Waals surface area contributed by atoms with Crippen LogP contribution in [0.2, 0.25) is 0 Å². The molecule has 0 saturated carbocycles. The summed E-state index contributed by atoms with van der Waals surface area (Å²) in [5.74, 6) is -0.574. The highest BCUT2D eigenvalue weighted by Crippen LogP contribution is 2.08. The number of benzene rings is 1. The van der Waals surface area contributed by atoms with Gasteiger partial charge in [-0.3, -0.25) is 4.79 Å². The fourth-order valence-corrected chi connectivity index (χ4v) is 2.11. The predicted octanol–water partition coefficient (Wildman–Crippen LogP) is 1.74. The average Bonchev–Trinajstić information content (AvgIpc) is 2.39. The van der Waals surface area contributed by atoms with Crippen molar-refractivity contribution in [3.8, 4) is 0 Å². The van der Waals surface area contributed by atoms with Crippen molar-refractivity contribution >= 4 is 29.0 Å². The van der Waals surface area contributed by atoms with Gasteiger partial charge in [-0.1, -0.05) is 30.3 Å². The molecule has 1 N–H and O–H groups in total. The first-order valence-electron chi connectivity index (χ1n) is 6.20. The van der Waals surface area contributed by atoms with E-state index in [2.05, 4.69) is 10.3 Å². The highest BCUT2D eigenvalue weighted by atomic mass is 32.1. The van der Waals surface area contributed by atoms with Crippen LogP contribution in [0.4, 0.5) is 0 Å². The summed E-state index contributed by atoms with van der Waals surface area (Å²) in [6, 6.07) is 9.94. The minimum atomic E-state index is -0.331. The van der Waals surface area contributed by atoms with Gasteiger partial charge < -0.3 is 10.1 Å². The Morgan fingerprint density at radius 2 is 2.21 bits per heavy atom. The Hall–Kier alpha value is -1.75. The molecule has 0 saturated heterocycles. The molecular weight excluding hydrogens is 260 g/mol. The zero-order chi connectivity index (χ0) is 13.7. The fraction of sp³-hybridized carbons (Fsp3) is 0.357. The number of nitrogens with zero attached hydrogens (tertiary/aromatic N) is 1. The molecule has 0 spiro atoms. The van der Waals surface area contributed by atoms with E-state index in [-0.39, 0.29) is 11.9 Å². The van der Waals surface area contributed by atoms with E-state index in [1.165, 1.54) is 0 Å². The lowest BCUT2D eigenvalue weighted by molar-refractivity contribution is -0.145. The van der Waals surface area contributed by atoms with Gasteiger partial charge in [-0.05, 0) is 24.7 Å². The standard InChI is InChI=1S/C14H16N2O2S/c1-10-12(9-15-14(19)16-10)13(17)18-8-7-11-5-3-2-4-6-11/h2-6,12H,7-9H2,1H3,(H,15,19). The molecule has 0 amide bonds. The summed E-state index contributed by atoms with van der Waals surface area (Å²) in [5.41, 5.74) is 1.87. The largest absolute Gasteiger partial charge is 0.465 e. The first kappa shape index (κ1) is 13.7. The van der Waals surface area contributed by atoms with Crippen LogP contribution in [0.3, 0.4) is 0 Å². The number of rotatable bonds is 4. The summed E-state index contributed by atoms with van der Waals surface area (Å²) >= 11 is 4.92. The maximum atomic E-state index is 11.9. The van der Waals surface area contributed by atoms with Gasteiger partial charge in [-0.15, -0.1) is 0 Å². The third-order valence-corrected chi connectivity index (χ3v) is 3.24. The van der Waals surface area contributed by atoms with E-state index in [1.807, 2.05) is 30.3 Å². The Morgan fingerprint density at radius 1 is 1.47 bits per heavy atom. The van der Waals surface area contributed by atoms with E-state index in [0.29, 0.717) is 24.0 Å². The van der Waals surface area contributed by atoms with Crippen LogP contribution in [0.25, 0.3) is 0 Å². The molecular formula is C14H16N2O2S. The summed E-state index contributed by atoms with van der Waals surface area (Å²) in [4.78, 5) is 16.0. The fourth-order valence-electron chi connectivity index (χ4n) is 1.88. The number of esters is 1. The maximum absolute atomic E-state index is 11.9. The molecule has 1 unspecified atom stereocenters. The zero-order valence-electron chi connectivity index (χ0n) is 10.8. The molecule has 1 heterocycles. The highest BCUT2D eigenvalue weighted by Gasteiger charge is 2.26. The Labute approximate surface area is 117 Å². The first-order chi connectivity index (χ1) is 9.16. The topological polar surface area (TPSA) is 50.7 Å². The summed E-state index contributed by atoms with van der Waals surface area (Å²) in [6.07, 6.45) is 0.724. The molecule has 1 aliphatic heterocycles. The van der Waals surface area contributed by atoms with Gasteiger partial charge in [0.05, 0.1) is 6.61 Å². The second kappa shape index (κ2) is 6.43. The molecule has 4 nitrogen and oxygen atoms in total. The van der Waals surface area contributed by atoms with Crippen molar-refractivity contribution in [1.29, 1.82) is 0 Å². The van der Waals surface area contributed by atoms with Crippen LogP contribution in [0.5, 0.6) is 0 Å². The molecule has 1 aromatic carbocycles. The van der Waals surface area contributed by atoms with Crippen molar-refractivity contribution in [2.45, 2.75) is 13.3 Å². The molecule has 1 atom stereocenters. The SMILES string of the molecule is CC1=NC(=S)NCC1C(=O)OCCc1ccccc1. The van der Waals surface area contributed by atoms with Gasteiger partial charge in [-0.2, -0.15) is 0 Å². The average molecular weight is 276 g/mol. The summed E-state index contributed by atoms with van der Waals surface area (Å²) in [7, 11) is 0. The molecule has 0 aromatic heterocycles. The maximum Gasteiger partial charge on any atom is 0.316 e. The van der Waals surface area contributed by atoms with Gasteiger partial charge in [0.2, 0.25) is 0 Å². The van der Waals surface area contributed by atoms with Crippen molar-refractivity contribution in [3.05, 3.63) is 35.9 Å². The Morgan fingerprint density at radius 3 is 2.89 bits per heavy atom. The molecule has 1 aliphatic rings. The molecule has 0 aliphatic carbocycles. The Kier molecular flexibility index (Phi) is 4.63. The Bertz CT molecular complexity index is 499. The minimum Gasteiger partial charge on any atom is -0.465 e. The van der Waals surface area contributed by atoms with Crippen LogP contribution in [-0.4, -0.2) is 29.9 Å². The number of aliphatic imine (C=N–C) groups is 1. The second-order valence-electron chi connectivity index (χ2n) is 4.39. The number of carbonyl (C=O) groups excluding carboxylic acids is 1. The predicted molar refractivity (Wildman–Crippen MR) is 78.3 cm³/mol. The molecule has 100 valence electrons. The number of nitrogens with one attached hydrogen (secondary N) is 1. The van der Waals surface area contributed by atoms with Gasteiger partial charge in [0.15, 0.2) is 5.11 Å². The summed E-state index contributed by atoms with van der Waals surface area (Å²) in [6.45, 7) is 2.66.